The van der Waals surface area contributed by atoms with Crippen molar-refractivity contribution in [3.8, 4) is 0 Å². The Labute approximate surface area is 71.9 Å². The van der Waals surface area contributed by atoms with Crippen molar-refractivity contribution in [1.82, 2.24) is 0 Å². The van der Waals surface area contributed by atoms with Crippen molar-refractivity contribution in [2.24, 2.45) is 4.99 Å². The predicted octanol–water partition coefficient (Wildman–Crippen LogP) is 2.86. The Bertz CT molecular complexity index is 261. The molecule has 1 aromatic rings. The predicted molar refractivity (Wildman–Crippen MR) is 52.0 cm³/mol. The topological polar surface area (TPSA) is 12.4 Å². The van der Waals surface area contributed by atoms with E-state index in [0.717, 1.165) is 10.6 Å². The number of hydrogen-bond acceptors (Lipinski definition) is 2. The summed E-state index contributed by atoms with van der Waals surface area (Å²) >= 11 is 4.15. The van der Waals surface area contributed by atoms with E-state index in [-0.39, 0.29) is 0 Å². The number of hydrogen-bond donors (Lipinski definition) is 1. The second-order valence-corrected chi connectivity index (χ2v) is 2.55. The van der Waals surface area contributed by atoms with Crippen LogP contribution < -0.4 is 0 Å². The highest BCUT2D eigenvalue weighted by Crippen LogP contribution is 2.14. The van der Waals surface area contributed by atoms with Crippen molar-refractivity contribution in [3.05, 3.63) is 36.9 Å². The van der Waals surface area contributed by atoms with Gasteiger partial charge in [-0.2, -0.15) is 0 Å². The molecule has 0 heterocycles. The molecular weight excluding hydrogens is 154 g/mol. The fraction of sp³-hybridized carbons (Fsp3) is 0. The van der Waals surface area contributed by atoms with Crippen LogP contribution in [0.3, 0.4) is 0 Å². The minimum absolute atomic E-state index is 0.919. The third-order valence-electron chi connectivity index (χ3n) is 1.18. The van der Waals surface area contributed by atoms with Crippen LogP contribution in [0.5, 0.6) is 0 Å². The van der Waals surface area contributed by atoms with Crippen LogP contribution in [0.2, 0.25) is 0 Å². The molecule has 1 nitrogen and oxygen atoms in total. The highest BCUT2D eigenvalue weighted by molar-refractivity contribution is 7.80. The fourth-order valence-corrected chi connectivity index (χ4v) is 0.827. The summed E-state index contributed by atoms with van der Waals surface area (Å²) in [4.78, 5) is 5.04. The van der Waals surface area contributed by atoms with E-state index in [1.807, 2.05) is 24.3 Å². The molecule has 0 aliphatic rings. The molecule has 2 heteroatoms. The lowest BCUT2D eigenvalue weighted by molar-refractivity contribution is 1.43. The van der Waals surface area contributed by atoms with Crippen molar-refractivity contribution in [2.45, 2.75) is 4.90 Å². The van der Waals surface area contributed by atoms with Crippen LogP contribution in [0.25, 0.3) is 0 Å². The molecule has 0 fully saturated rings. The summed E-state index contributed by atoms with van der Waals surface area (Å²) in [5, 5.41) is 0. The lowest BCUT2D eigenvalue weighted by atomic mass is 10.3. The van der Waals surface area contributed by atoms with Gasteiger partial charge in [0.1, 0.15) is 0 Å². The molecule has 0 radical (unpaired) electrons. The quantitative estimate of drug-likeness (QED) is 0.508. The van der Waals surface area contributed by atoms with Gasteiger partial charge in [-0.3, -0.25) is 4.99 Å². The van der Waals surface area contributed by atoms with Crippen LogP contribution >= 0.6 is 12.6 Å². The Morgan fingerprint density at radius 3 is 2.45 bits per heavy atom. The third kappa shape index (κ3) is 2.60. The largest absolute Gasteiger partial charge is 0.257 e. The SMILES string of the molecule is C=CC=Nc1ccc(S)cc1. The average molecular weight is 163 g/mol. The number of benzene rings is 1. The van der Waals surface area contributed by atoms with E-state index >= 15 is 0 Å². The Balaban J connectivity index is 2.81. The van der Waals surface area contributed by atoms with Crippen LogP contribution in [-0.2, 0) is 0 Å². The van der Waals surface area contributed by atoms with E-state index in [2.05, 4.69) is 24.2 Å². The summed E-state index contributed by atoms with van der Waals surface area (Å²) in [6.07, 6.45) is 3.31. The van der Waals surface area contributed by atoms with Crippen molar-refractivity contribution in [3.63, 3.8) is 0 Å². The van der Waals surface area contributed by atoms with Crippen LogP contribution in [0.4, 0.5) is 5.69 Å². The van der Waals surface area contributed by atoms with E-state index < -0.39 is 0 Å². The molecule has 0 amide bonds. The molecule has 0 aromatic heterocycles. The number of nitrogens with zero attached hydrogens (tertiary/aromatic N) is 1. The van der Waals surface area contributed by atoms with Gasteiger partial charge in [0.05, 0.1) is 5.69 Å². The molecule has 1 aromatic carbocycles. The summed E-state index contributed by atoms with van der Waals surface area (Å²) < 4.78 is 0. The third-order valence-corrected chi connectivity index (χ3v) is 1.48. The normalized spacial score (nSPS) is 10.3. The number of allylic oxidation sites excluding steroid dienone is 1. The number of rotatable bonds is 2. The Morgan fingerprint density at radius 2 is 1.91 bits per heavy atom. The van der Waals surface area contributed by atoms with Crippen molar-refractivity contribution in [1.29, 1.82) is 0 Å². The highest BCUT2D eigenvalue weighted by atomic mass is 32.1. The van der Waals surface area contributed by atoms with Gasteiger partial charge in [0, 0.05) is 11.1 Å². The zero-order valence-electron chi connectivity index (χ0n) is 6.07. The molecule has 1 rings (SSSR count). The van der Waals surface area contributed by atoms with Gasteiger partial charge in [-0.1, -0.05) is 12.7 Å². The Hall–Kier alpha value is -1.02. The monoisotopic (exact) mass is 163 g/mol. The molecule has 0 saturated carbocycles. The highest BCUT2D eigenvalue weighted by Gasteiger charge is 1.85. The Kier molecular flexibility index (Phi) is 2.93. The van der Waals surface area contributed by atoms with Crippen LogP contribution in [0, 0.1) is 0 Å². The summed E-state index contributed by atoms with van der Waals surface area (Å²) in [5.41, 5.74) is 0.919. The first kappa shape index (κ1) is 8.08. The van der Waals surface area contributed by atoms with Crippen LogP contribution in [-0.4, -0.2) is 6.21 Å². The molecule has 0 bridgehead atoms. The van der Waals surface area contributed by atoms with Gasteiger partial charge in [-0.05, 0) is 24.3 Å². The zero-order valence-corrected chi connectivity index (χ0v) is 6.96. The molecular formula is C9H9NS. The molecule has 0 aliphatic carbocycles. The smallest absolute Gasteiger partial charge is 0.0630 e. The maximum atomic E-state index is 4.15. The van der Waals surface area contributed by atoms with E-state index in [0.29, 0.717) is 0 Å². The first-order valence-electron chi connectivity index (χ1n) is 3.27. The van der Waals surface area contributed by atoms with Crippen molar-refractivity contribution < 1.29 is 0 Å². The lowest BCUT2D eigenvalue weighted by Crippen LogP contribution is -1.66. The van der Waals surface area contributed by atoms with Gasteiger partial charge in [-0.25, -0.2) is 0 Å². The lowest BCUT2D eigenvalue weighted by Gasteiger charge is -1.91. The minimum Gasteiger partial charge on any atom is -0.257 e. The van der Waals surface area contributed by atoms with Gasteiger partial charge < -0.3 is 0 Å². The summed E-state index contributed by atoms with van der Waals surface area (Å²) in [6.45, 7) is 3.53. The van der Waals surface area contributed by atoms with E-state index in [4.69, 9.17) is 0 Å². The number of aliphatic imine (C=N–C) groups is 1. The molecule has 56 valence electrons. The van der Waals surface area contributed by atoms with Crippen LogP contribution in [0.1, 0.15) is 0 Å². The summed E-state index contributed by atoms with van der Waals surface area (Å²) in [5.74, 6) is 0. The van der Waals surface area contributed by atoms with Crippen molar-refractivity contribution >= 4 is 24.5 Å². The number of thiol groups is 1. The fourth-order valence-electron chi connectivity index (χ4n) is 0.677. The first-order chi connectivity index (χ1) is 5.33. The molecule has 0 spiro atoms. The van der Waals surface area contributed by atoms with E-state index in [1.165, 1.54) is 0 Å². The standard InChI is InChI=1S/C9H9NS/c1-2-7-10-8-3-5-9(11)6-4-8/h2-7,11H,1H2. The van der Waals surface area contributed by atoms with Crippen LogP contribution in [0.15, 0.2) is 46.8 Å². The summed E-state index contributed by atoms with van der Waals surface area (Å²) in [7, 11) is 0. The maximum absolute atomic E-state index is 4.15. The van der Waals surface area contributed by atoms with E-state index in [1.54, 1.807) is 12.3 Å². The Morgan fingerprint density at radius 1 is 1.27 bits per heavy atom. The molecule has 0 atom stereocenters. The van der Waals surface area contributed by atoms with E-state index in [9.17, 15) is 0 Å². The van der Waals surface area contributed by atoms with Gasteiger partial charge in [-0.15, -0.1) is 12.6 Å². The zero-order chi connectivity index (χ0) is 8.10. The minimum atomic E-state index is 0.919. The van der Waals surface area contributed by atoms with Crippen molar-refractivity contribution in [2.75, 3.05) is 0 Å². The van der Waals surface area contributed by atoms with Gasteiger partial charge >= 0.3 is 0 Å². The average Bonchev–Trinajstić information content (AvgIpc) is 2.04. The maximum Gasteiger partial charge on any atom is 0.0630 e. The molecule has 0 saturated heterocycles. The molecule has 0 aliphatic heterocycles. The van der Waals surface area contributed by atoms with Gasteiger partial charge in [0.2, 0.25) is 0 Å². The second-order valence-electron chi connectivity index (χ2n) is 2.03. The summed E-state index contributed by atoms with van der Waals surface area (Å²) in [6, 6.07) is 7.61. The molecule has 0 N–H and O–H groups in total. The molecule has 11 heavy (non-hydrogen) atoms. The van der Waals surface area contributed by atoms with Gasteiger partial charge in [0.15, 0.2) is 0 Å². The second kappa shape index (κ2) is 3.98. The van der Waals surface area contributed by atoms with Gasteiger partial charge in [0.25, 0.3) is 0 Å². The first-order valence-corrected chi connectivity index (χ1v) is 3.72. The molecule has 0 unspecified atom stereocenters.